The van der Waals surface area contributed by atoms with Crippen LogP contribution in [0.3, 0.4) is 0 Å². The molecule has 16 heavy (non-hydrogen) atoms. The number of rotatable bonds is 5. The van der Waals surface area contributed by atoms with Crippen LogP contribution >= 0.6 is 11.3 Å². The third-order valence-corrected chi connectivity index (χ3v) is 4.21. The van der Waals surface area contributed by atoms with Crippen LogP contribution < -0.4 is 0 Å². The molecule has 0 aromatic carbocycles. The summed E-state index contributed by atoms with van der Waals surface area (Å²) < 4.78 is 0. The molecule has 0 radical (unpaired) electrons. The van der Waals surface area contributed by atoms with E-state index in [0.717, 1.165) is 28.4 Å². The zero-order valence-electron chi connectivity index (χ0n) is 10.8. The minimum atomic E-state index is 0.151. The maximum absolute atomic E-state index is 11.6. The number of Topliss-reactive ketones (excluding diaryl/α,β-unsaturated/α-hetero) is 1. The van der Waals surface area contributed by atoms with Crippen molar-refractivity contribution in [3.8, 4) is 0 Å². The molecule has 0 aliphatic heterocycles. The van der Waals surface area contributed by atoms with Crippen LogP contribution in [0.5, 0.6) is 0 Å². The van der Waals surface area contributed by atoms with Gasteiger partial charge in [-0.1, -0.05) is 27.7 Å². The van der Waals surface area contributed by atoms with Crippen molar-refractivity contribution in [2.24, 2.45) is 0 Å². The van der Waals surface area contributed by atoms with Crippen molar-refractivity contribution in [3.63, 3.8) is 0 Å². The first-order chi connectivity index (χ1) is 7.51. The average molecular weight is 239 g/mol. The lowest BCUT2D eigenvalue weighted by Crippen LogP contribution is -1.98. The SMILES string of the molecule is CCC(CC)c1nc(C(C)C)c(C(C)=O)s1. The first kappa shape index (κ1) is 13.4. The Morgan fingerprint density at radius 3 is 2.19 bits per heavy atom. The number of hydrogen-bond donors (Lipinski definition) is 0. The van der Waals surface area contributed by atoms with Gasteiger partial charge in [-0.25, -0.2) is 4.98 Å². The number of carbonyl (C=O) groups excluding carboxylic acids is 1. The van der Waals surface area contributed by atoms with Gasteiger partial charge in [0.1, 0.15) is 0 Å². The first-order valence-corrected chi connectivity index (χ1v) is 6.84. The highest BCUT2D eigenvalue weighted by Gasteiger charge is 2.20. The number of ketones is 1. The molecule has 0 N–H and O–H groups in total. The summed E-state index contributed by atoms with van der Waals surface area (Å²) in [6, 6.07) is 0. The largest absolute Gasteiger partial charge is 0.294 e. The van der Waals surface area contributed by atoms with Crippen LogP contribution in [0, 0.1) is 0 Å². The topological polar surface area (TPSA) is 30.0 Å². The van der Waals surface area contributed by atoms with Crippen molar-refractivity contribution >= 4 is 17.1 Å². The summed E-state index contributed by atoms with van der Waals surface area (Å²) >= 11 is 1.59. The Kier molecular flexibility index (Phi) is 4.66. The molecule has 90 valence electrons. The van der Waals surface area contributed by atoms with Crippen molar-refractivity contribution in [1.82, 2.24) is 4.98 Å². The molecule has 0 saturated carbocycles. The van der Waals surface area contributed by atoms with E-state index in [-0.39, 0.29) is 5.78 Å². The predicted molar refractivity (Wildman–Crippen MR) is 69.5 cm³/mol. The van der Waals surface area contributed by atoms with Crippen molar-refractivity contribution in [1.29, 1.82) is 0 Å². The van der Waals surface area contributed by atoms with Crippen LogP contribution in [0.2, 0.25) is 0 Å². The summed E-state index contributed by atoms with van der Waals surface area (Å²) in [4.78, 5) is 17.1. The van der Waals surface area contributed by atoms with Gasteiger partial charge in [0.15, 0.2) is 5.78 Å². The Balaban J connectivity index is 3.15. The minimum Gasteiger partial charge on any atom is -0.294 e. The second kappa shape index (κ2) is 5.58. The van der Waals surface area contributed by atoms with E-state index < -0.39 is 0 Å². The van der Waals surface area contributed by atoms with E-state index in [4.69, 9.17) is 0 Å². The molecule has 2 nitrogen and oxygen atoms in total. The van der Waals surface area contributed by atoms with E-state index in [1.807, 2.05) is 0 Å². The summed E-state index contributed by atoms with van der Waals surface area (Å²) in [5, 5.41) is 1.14. The third kappa shape index (κ3) is 2.70. The highest BCUT2D eigenvalue weighted by atomic mass is 32.1. The van der Waals surface area contributed by atoms with E-state index in [0.29, 0.717) is 11.8 Å². The maximum Gasteiger partial charge on any atom is 0.171 e. The number of hydrogen-bond acceptors (Lipinski definition) is 3. The Labute approximate surface area is 102 Å². The number of nitrogens with zero attached hydrogens (tertiary/aromatic N) is 1. The van der Waals surface area contributed by atoms with Gasteiger partial charge in [0.05, 0.1) is 15.6 Å². The van der Waals surface area contributed by atoms with E-state index in [9.17, 15) is 4.79 Å². The van der Waals surface area contributed by atoms with Crippen molar-refractivity contribution in [2.45, 2.75) is 59.3 Å². The van der Waals surface area contributed by atoms with E-state index >= 15 is 0 Å². The van der Waals surface area contributed by atoms with Crippen LogP contribution in [0.15, 0.2) is 0 Å². The Hall–Kier alpha value is -0.700. The maximum atomic E-state index is 11.6. The van der Waals surface area contributed by atoms with Gasteiger partial charge in [-0.05, 0) is 18.8 Å². The van der Waals surface area contributed by atoms with Crippen molar-refractivity contribution < 1.29 is 4.79 Å². The molecular formula is C13H21NOS. The fourth-order valence-corrected chi connectivity index (χ4v) is 3.19. The molecule has 0 atom stereocenters. The molecule has 1 rings (SSSR count). The molecule has 0 saturated heterocycles. The quantitative estimate of drug-likeness (QED) is 0.714. The molecule has 0 amide bonds. The molecule has 0 bridgehead atoms. The molecule has 0 unspecified atom stereocenters. The molecule has 0 aliphatic rings. The highest BCUT2D eigenvalue weighted by Crippen LogP contribution is 2.32. The minimum absolute atomic E-state index is 0.151. The van der Waals surface area contributed by atoms with Crippen LogP contribution in [0.1, 0.15) is 79.7 Å². The fourth-order valence-electron chi connectivity index (χ4n) is 1.81. The zero-order chi connectivity index (χ0) is 12.3. The average Bonchev–Trinajstić information content (AvgIpc) is 2.64. The van der Waals surface area contributed by atoms with Gasteiger partial charge in [-0.3, -0.25) is 4.79 Å². The van der Waals surface area contributed by atoms with Gasteiger partial charge in [0, 0.05) is 12.8 Å². The zero-order valence-corrected chi connectivity index (χ0v) is 11.6. The summed E-state index contributed by atoms with van der Waals surface area (Å²) in [6.45, 7) is 10.2. The van der Waals surface area contributed by atoms with Gasteiger partial charge in [-0.15, -0.1) is 11.3 Å². The summed E-state index contributed by atoms with van der Waals surface area (Å²) in [5.41, 5.74) is 0.986. The van der Waals surface area contributed by atoms with Crippen LogP contribution in [-0.2, 0) is 0 Å². The Bertz CT molecular complexity index is 364. The monoisotopic (exact) mass is 239 g/mol. The van der Waals surface area contributed by atoms with Gasteiger partial charge < -0.3 is 0 Å². The number of carbonyl (C=O) groups is 1. The second-order valence-corrected chi connectivity index (χ2v) is 5.52. The summed E-state index contributed by atoms with van der Waals surface area (Å²) in [7, 11) is 0. The lowest BCUT2D eigenvalue weighted by Gasteiger charge is -2.07. The number of aromatic nitrogens is 1. The molecular weight excluding hydrogens is 218 g/mol. The highest BCUT2D eigenvalue weighted by molar-refractivity contribution is 7.13. The predicted octanol–water partition coefficient (Wildman–Crippen LogP) is 4.37. The molecule has 0 spiro atoms. The Morgan fingerprint density at radius 2 is 1.88 bits per heavy atom. The smallest absolute Gasteiger partial charge is 0.171 e. The summed E-state index contributed by atoms with van der Waals surface area (Å²) in [5.74, 6) is 0.993. The van der Waals surface area contributed by atoms with Crippen LogP contribution in [-0.4, -0.2) is 10.8 Å². The van der Waals surface area contributed by atoms with E-state index in [1.54, 1.807) is 18.3 Å². The van der Waals surface area contributed by atoms with Crippen LogP contribution in [0.4, 0.5) is 0 Å². The molecule has 0 aliphatic carbocycles. The van der Waals surface area contributed by atoms with Gasteiger partial charge in [-0.2, -0.15) is 0 Å². The molecule has 3 heteroatoms. The molecule has 1 aromatic heterocycles. The third-order valence-electron chi connectivity index (χ3n) is 2.87. The molecule has 1 aromatic rings. The van der Waals surface area contributed by atoms with Crippen molar-refractivity contribution in [3.05, 3.63) is 15.6 Å². The first-order valence-electron chi connectivity index (χ1n) is 6.02. The Morgan fingerprint density at radius 1 is 1.31 bits per heavy atom. The van der Waals surface area contributed by atoms with Crippen LogP contribution in [0.25, 0.3) is 0 Å². The van der Waals surface area contributed by atoms with E-state index in [1.165, 1.54) is 0 Å². The van der Waals surface area contributed by atoms with Gasteiger partial charge in [0.25, 0.3) is 0 Å². The van der Waals surface area contributed by atoms with Crippen molar-refractivity contribution in [2.75, 3.05) is 0 Å². The van der Waals surface area contributed by atoms with Gasteiger partial charge in [0.2, 0.25) is 0 Å². The normalized spacial score (nSPS) is 11.4. The lowest BCUT2D eigenvalue weighted by molar-refractivity contribution is 0.102. The summed E-state index contributed by atoms with van der Waals surface area (Å²) in [6.07, 6.45) is 2.19. The molecule has 1 heterocycles. The second-order valence-electron chi connectivity index (χ2n) is 4.49. The fraction of sp³-hybridized carbons (Fsp3) is 0.692. The number of thiazole rings is 1. The molecule has 0 fully saturated rings. The standard InChI is InChI=1S/C13H21NOS/c1-6-10(7-2)13-14-11(8(3)4)12(16-13)9(5)15/h8,10H,6-7H2,1-5H3. The lowest BCUT2D eigenvalue weighted by atomic mass is 10.0. The van der Waals surface area contributed by atoms with Gasteiger partial charge >= 0.3 is 0 Å². The van der Waals surface area contributed by atoms with E-state index in [2.05, 4.69) is 32.7 Å².